The van der Waals surface area contributed by atoms with Crippen LogP contribution in [0.5, 0.6) is 0 Å². The molecule has 1 aliphatic rings. The van der Waals surface area contributed by atoms with Gasteiger partial charge in [-0.05, 0) is 13.3 Å². The van der Waals surface area contributed by atoms with Crippen LogP contribution in [0.25, 0.3) is 0 Å². The Hall–Kier alpha value is -2.85. The van der Waals surface area contributed by atoms with E-state index in [4.69, 9.17) is 0 Å². The van der Waals surface area contributed by atoms with Gasteiger partial charge in [-0.2, -0.15) is 23.3 Å². The van der Waals surface area contributed by atoms with E-state index in [2.05, 4.69) is 25.7 Å². The van der Waals surface area contributed by atoms with E-state index >= 15 is 0 Å². The van der Waals surface area contributed by atoms with Crippen molar-refractivity contribution in [2.45, 2.75) is 44.6 Å². The number of halogens is 3. The number of anilines is 2. The Bertz CT molecular complexity index is 850. The first-order valence-electron chi connectivity index (χ1n) is 8.89. The Balaban J connectivity index is 1.91. The first-order valence-corrected chi connectivity index (χ1v) is 8.89. The number of hydrogen-bond donors (Lipinski definition) is 2. The lowest BCUT2D eigenvalue weighted by Gasteiger charge is -2.32. The van der Waals surface area contributed by atoms with Gasteiger partial charge in [0.05, 0.1) is 18.3 Å². The van der Waals surface area contributed by atoms with Gasteiger partial charge in [0.1, 0.15) is 5.82 Å². The average Bonchev–Trinajstić information content (AvgIpc) is 3.11. The number of hydrogen-bond acceptors (Lipinski definition) is 6. The summed E-state index contributed by atoms with van der Waals surface area (Å²) >= 11 is 0. The second-order valence-electron chi connectivity index (χ2n) is 6.79. The van der Waals surface area contributed by atoms with Crippen LogP contribution < -0.4 is 15.5 Å². The molecule has 2 atom stereocenters. The number of amides is 1. The lowest BCUT2D eigenvalue weighted by molar-refractivity contribution is -0.141. The third kappa shape index (κ3) is 4.34. The fourth-order valence-corrected chi connectivity index (χ4v) is 3.02. The van der Waals surface area contributed by atoms with Crippen molar-refractivity contribution in [2.75, 3.05) is 24.3 Å². The van der Waals surface area contributed by atoms with E-state index in [-0.39, 0.29) is 30.1 Å². The Morgan fingerprint density at radius 1 is 1.36 bits per heavy atom. The molecule has 11 heteroatoms. The Morgan fingerprint density at radius 3 is 2.71 bits per heavy atom. The molecule has 1 aliphatic heterocycles. The molecule has 2 aromatic heterocycles. The van der Waals surface area contributed by atoms with Crippen molar-refractivity contribution in [1.82, 2.24) is 25.1 Å². The van der Waals surface area contributed by atoms with E-state index in [1.54, 1.807) is 25.0 Å². The molecule has 1 amide bonds. The predicted molar refractivity (Wildman–Crippen MR) is 96.8 cm³/mol. The zero-order valence-corrected chi connectivity index (χ0v) is 15.8. The topological polar surface area (TPSA) is 88.0 Å². The zero-order valence-electron chi connectivity index (χ0n) is 15.8. The van der Waals surface area contributed by atoms with Gasteiger partial charge in [0, 0.05) is 44.9 Å². The molecule has 2 N–H and O–H groups in total. The van der Waals surface area contributed by atoms with E-state index in [1.165, 1.54) is 4.90 Å². The SMILES string of the molecule is CCn1cc([C@@H]2NC(=O)CC[C@H]2Nc2nc(N(C)C)cc(C(F)(F)F)n2)cn1. The summed E-state index contributed by atoms with van der Waals surface area (Å²) < 4.78 is 41.4. The maximum atomic E-state index is 13.2. The van der Waals surface area contributed by atoms with Crippen LogP contribution in [0.15, 0.2) is 18.5 Å². The fourth-order valence-electron chi connectivity index (χ4n) is 3.02. The van der Waals surface area contributed by atoms with Crippen molar-refractivity contribution in [3.8, 4) is 0 Å². The van der Waals surface area contributed by atoms with E-state index < -0.39 is 17.9 Å². The van der Waals surface area contributed by atoms with Crippen LogP contribution in [0.4, 0.5) is 24.9 Å². The highest BCUT2D eigenvalue weighted by atomic mass is 19.4. The smallest absolute Gasteiger partial charge is 0.363 e. The first kappa shape index (κ1) is 19.9. The van der Waals surface area contributed by atoms with Gasteiger partial charge in [-0.15, -0.1) is 0 Å². The van der Waals surface area contributed by atoms with Crippen LogP contribution in [0, 0.1) is 0 Å². The van der Waals surface area contributed by atoms with Crippen LogP contribution in [-0.4, -0.2) is 45.8 Å². The van der Waals surface area contributed by atoms with Crippen molar-refractivity contribution in [2.24, 2.45) is 0 Å². The first-order chi connectivity index (χ1) is 13.2. The molecule has 3 rings (SSSR count). The predicted octanol–water partition coefficient (Wildman–Crippen LogP) is 2.21. The van der Waals surface area contributed by atoms with Crippen LogP contribution in [0.2, 0.25) is 0 Å². The maximum Gasteiger partial charge on any atom is 0.433 e. The van der Waals surface area contributed by atoms with Crippen molar-refractivity contribution in [3.05, 3.63) is 29.7 Å². The third-order valence-electron chi connectivity index (χ3n) is 4.51. The summed E-state index contributed by atoms with van der Waals surface area (Å²) in [5.41, 5.74) is -0.254. The normalized spacial score (nSPS) is 20.0. The Morgan fingerprint density at radius 2 is 2.11 bits per heavy atom. The highest BCUT2D eigenvalue weighted by Crippen LogP contribution is 2.31. The minimum atomic E-state index is -4.59. The number of nitrogens with one attached hydrogen (secondary N) is 2. The summed E-state index contributed by atoms with van der Waals surface area (Å²) in [6.07, 6.45) is -0.442. The monoisotopic (exact) mass is 397 g/mol. The Kier molecular flexibility index (Phi) is 5.43. The molecule has 3 heterocycles. The van der Waals surface area contributed by atoms with Crippen molar-refractivity contribution < 1.29 is 18.0 Å². The fraction of sp³-hybridized carbons (Fsp3) is 0.529. The number of aryl methyl sites for hydroxylation is 1. The number of alkyl halides is 3. The van der Waals surface area contributed by atoms with Gasteiger partial charge in [0.25, 0.3) is 0 Å². The van der Waals surface area contributed by atoms with E-state index in [1.807, 2.05) is 13.1 Å². The van der Waals surface area contributed by atoms with Crippen molar-refractivity contribution in [1.29, 1.82) is 0 Å². The third-order valence-corrected chi connectivity index (χ3v) is 4.51. The molecule has 0 bridgehead atoms. The van der Waals surface area contributed by atoms with Crippen LogP contribution in [-0.2, 0) is 17.5 Å². The number of nitrogens with zero attached hydrogens (tertiary/aromatic N) is 5. The van der Waals surface area contributed by atoms with Gasteiger partial charge >= 0.3 is 6.18 Å². The van der Waals surface area contributed by atoms with Gasteiger partial charge in [-0.3, -0.25) is 9.48 Å². The van der Waals surface area contributed by atoms with Crippen molar-refractivity contribution in [3.63, 3.8) is 0 Å². The summed E-state index contributed by atoms with van der Waals surface area (Å²) in [7, 11) is 3.21. The molecule has 1 fully saturated rings. The number of carbonyl (C=O) groups is 1. The van der Waals surface area contributed by atoms with Gasteiger partial charge < -0.3 is 15.5 Å². The number of carbonyl (C=O) groups excluding carboxylic acids is 1. The second kappa shape index (κ2) is 7.64. The molecule has 0 spiro atoms. The second-order valence-corrected chi connectivity index (χ2v) is 6.79. The highest BCUT2D eigenvalue weighted by Gasteiger charge is 2.35. The summed E-state index contributed by atoms with van der Waals surface area (Å²) in [6.45, 7) is 2.60. The van der Waals surface area contributed by atoms with Gasteiger partial charge in [-0.1, -0.05) is 0 Å². The van der Waals surface area contributed by atoms with Crippen LogP contribution >= 0.6 is 0 Å². The molecule has 0 unspecified atom stereocenters. The lowest BCUT2D eigenvalue weighted by Crippen LogP contribution is -2.45. The van der Waals surface area contributed by atoms with Crippen molar-refractivity contribution >= 4 is 17.7 Å². The quantitative estimate of drug-likeness (QED) is 0.804. The minimum absolute atomic E-state index is 0.119. The molecule has 0 radical (unpaired) electrons. The van der Waals surface area contributed by atoms with Crippen LogP contribution in [0.3, 0.4) is 0 Å². The lowest BCUT2D eigenvalue weighted by atomic mass is 9.94. The summed E-state index contributed by atoms with van der Waals surface area (Å²) in [6, 6.07) is 0.0875. The Labute approximate surface area is 160 Å². The zero-order chi connectivity index (χ0) is 20.5. The molecule has 28 heavy (non-hydrogen) atoms. The molecular formula is C17H22F3N7O. The van der Waals surface area contributed by atoms with E-state index in [9.17, 15) is 18.0 Å². The molecule has 2 aromatic rings. The number of rotatable bonds is 5. The standard InChI is InChI=1S/C17H22F3N7O/c1-4-27-9-10(8-21-27)15-11(5-6-14(28)25-15)22-16-23-12(17(18,19)20)7-13(24-16)26(2)3/h7-9,11,15H,4-6H2,1-3H3,(H,25,28)(H,22,23,24)/t11-,15+/m1/s1. The van der Waals surface area contributed by atoms with Crippen LogP contribution in [0.1, 0.15) is 37.1 Å². The summed E-state index contributed by atoms with van der Waals surface area (Å²) in [4.78, 5) is 21.2. The molecule has 8 nitrogen and oxygen atoms in total. The van der Waals surface area contributed by atoms with Gasteiger partial charge in [-0.25, -0.2) is 4.98 Å². The molecule has 152 valence electrons. The van der Waals surface area contributed by atoms with E-state index in [0.29, 0.717) is 13.0 Å². The largest absolute Gasteiger partial charge is 0.433 e. The van der Waals surface area contributed by atoms with Gasteiger partial charge in [0.15, 0.2) is 5.69 Å². The minimum Gasteiger partial charge on any atom is -0.363 e. The highest BCUT2D eigenvalue weighted by molar-refractivity contribution is 5.77. The summed E-state index contributed by atoms with van der Waals surface area (Å²) in [5, 5.41) is 10.1. The molecular weight excluding hydrogens is 375 g/mol. The molecule has 1 saturated heterocycles. The van der Waals surface area contributed by atoms with E-state index in [0.717, 1.165) is 11.6 Å². The molecule has 0 aliphatic carbocycles. The maximum absolute atomic E-state index is 13.2. The number of piperidine rings is 1. The van der Waals surface area contributed by atoms with Gasteiger partial charge in [0.2, 0.25) is 11.9 Å². The molecule has 0 aromatic carbocycles. The molecule has 0 saturated carbocycles. The average molecular weight is 397 g/mol. The summed E-state index contributed by atoms with van der Waals surface area (Å²) in [5.74, 6) is -0.112. The number of aromatic nitrogens is 4.